The molecule has 0 aliphatic heterocycles. The van der Waals surface area contributed by atoms with Crippen molar-refractivity contribution in [3.8, 4) is 5.75 Å². The first-order valence-electron chi connectivity index (χ1n) is 5.83. The van der Waals surface area contributed by atoms with E-state index in [0.29, 0.717) is 19.4 Å². The number of carbonyl (C=O) groups is 1. The first-order chi connectivity index (χ1) is 8.52. The average Bonchev–Trinajstić information content (AvgIpc) is 2.23. The molecule has 6 nitrogen and oxygen atoms in total. The first kappa shape index (κ1) is 12.6. The lowest BCUT2D eigenvalue weighted by molar-refractivity contribution is -0.0214. The van der Waals surface area contributed by atoms with E-state index in [2.05, 4.69) is 0 Å². The number of hydrogen-bond acceptors (Lipinski definition) is 4. The van der Waals surface area contributed by atoms with Gasteiger partial charge in [-0.1, -0.05) is 0 Å². The number of ether oxygens (including phenoxy) is 1. The molecule has 2 rings (SSSR count). The zero-order chi connectivity index (χ0) is 13.3. The standard InChI is InChI=1S/C12H15NO5/c1-2-18-9-3-7(4-9)13-10(12(16)17)5-8(14)6-11(13)15/h5-7,9,14H,2-4H2,1H3,(H,16,17). The second-order valence-corrected chi connectivity index (χ2v) is 4.31. The van der Waals surface area contributed by atoms with E-state index in [1.807, 2.05) is 6.92 Å². The number of pyridine rings is 1. The molecule has 0 saturated heterocycles. The van der Waals surface area contributed by atoms with Gasteiger partial charge in [-0.05, 0) is 19.8 Å². The lowest BCUT2D eigenvalue weighted by Gasteiger charge is -2.36. The van der Waals surface area contributed by atoms with E-state index in [9.17, 15) is 14.7 Å². The fourth-order valence-corrected chi connectivity index (χ4v) is 2.23. The molecule has 98 valence electrons. The van der Waals surface area contributed by atoms with Gasteiger partial charge >= 0.3 is 5.97 Å². The molecule has 6 heteroatoms. The molecule has 18 heavy (non-hydrogen) atoms. The van der Waals surface area contributed by atoms with Crippen LogP contribution in [0.1, 0.15) is 36.3 Å². The Morgan fingerprint density at radius 2 is 2.17 bits per heavy atom. The van der Waals surface area contributed by atoms with Gasteiger partial charge in [-0.2, -0.15) is 0 Å². The Labute approximate surface area is 103 Å². The lowest BCUT2D eigenvalue weighted by Crippen LogP contribution is -2.40. The predicted molar refractivity (Wildman–Crippen MR) is 63.0 cm³/mol. The molecule has 0 aromatic carbocycles. The van der Waals surface area contributed by atoms with Crippen molar-refractivity contribution in [2.24, 2.45) is 0 Å². The average molecular weight is 253 g/mol. The third-order valence-corrected chi connectivity index (χ3v) is 3.11. The highest BCUT2D eigenvalue weighted by Crippen LogP contribution is 2.34. The molecule has 0 unspecified atom stereocenters. The second-order valence-electron chi connectivity index (χ2n) is 4.31. The highest BCUT2D eigenvalue weighted by molar-refractivity contribution is 5.86. The molecule has 1 saturated carbocycles. The van der Waals surface area contributed by atoms with Crippen LogP contribution in [0.5, 0.6) is 5.75 Å². The molecule has 0 bridgehead atoms. The molecule has 0 spiro atoms. The zero-order valence-electron chi connectivity index (χ0n) is 10.00. The maximum atomic E-state index is 11.8. The lowest BCUT2D eigenvalue weighted by atomic mass is 9.88. The third-order valence-electron chi connectivity index (χ3n) is 3.11. The quantitative estimate of drug-likeness (QED) is 0.835. The Balaban J connectivity index is 2.29. The van der Waals surface area contributed by atoms with E-state index >= 15 is 0 Å². The highest BCUT2D eigenvalue weighted by Gasteiger charge is 2.33. The van der Waals surface area contributed by atoms with Gasteiger partial charge in [0.1, 0.15) is 11.4 Å². The monoisotopic (exact) mass is 253 g/mol. The highest BCUT2D eigenvalue weighted by atomic mass is 16.5. The van der Waals surface area contributed by atoms with Crippen molar-refractivity contribution in [2.45, 2.75) is 31.9 Å². The Bertz CT molecular complexity index is 516. The maximum Gasteiger partial charge on any atom is 0.352 e. The van der Waals surface area contributed by atoms with Crippen LogP contribution in [0.25, 0.3) is 0 Å². The van der Waals surface area contributed by atoms with Gasteiger partial charge in [0.05, 0.1) is 6.10 Å². The molecule has 2 N–H and O–H groups in total. The van der Waals surface area contributed by atoms with Gasteiger partial charge < -0.3 is 14.9 Å². The smallest absolute Gasteiger partial charge is 0.352 e. The summed E-state index contributed by atoms with van der Waals surface area (Å²) in [7, 11) is 0. The van der Waals surface area contributed by atoms with Gasteiger partial charge in [-0.25, -0.2) is 4.79 Å². The molecule has 0 atom stereocenters. The van der Waals surface area contributed by atoms with Crippen LogP contribution in [0, 0.1) is 0 Å². The fraction of sp³-hybridized carbons (Fsp3) is 0.500. The van der Waals surface area contributed by atoms with Crippen LogP contribution >= 0.6 is 0 Å². The number of hydrogen-bond donors (Lipinski definition) is 2. The zero-order valence-corrected chi connectivity index (χ0v) is 10.00. The van der Waals surface area contributed by atoms with Crippen LogP contribution in [-0.4, -0.2) is 33.5 Å². The van der Waals surface area contributed by atoms with Crippen LogP contribution in [0.3, 0.4) is 0 Å². The van der Waals surface area contributed by atoms with Crippen LogP contribution < -0.4 is 5.56 Å². The first-order valence-corrected chi connectivity index (χ1v) is 5.83. The summed E-state index contributed by atoms with van der Waals surface area (Å²) in [5.41, 5.74) is -0.674. The van der Waals surface area contributed by atoms with Gasteiger partial charge in [0.25, 0.3) is 5.56 Å². The van der Waals surface area contributed by atoms with Crippen molar-refractivity contribution in [1.29, 1.82) is 0 Å². The number of carboxylic acid groups (broad SMARTS) is 1. The summed E-state index contributed by atoms with van der Waals surface area (Å²) >= 11 is 0. The van der Waals surface area contributed by atoms with Gasteiger partial charge in [-0.3, -0.25) is 9.36 Å². The molecule has 1 aromatic rings. The van der Waals surface area contributed by atoms with Crippen molar-refractivity contribution in [3.05, 3.63) is 28.2 Å². The molecule has 1 heterocycles. The topological polar surface area (TPSA) is 88.8 Å². The van der Waals surface area contributed by atoms with Crippen LogP contribution in [0.4, 0.5) is 0 Å². The number of carboxylic acids is 1. The van der Waals surface area contributed by atoms with E-state index in [4.69, 9.17) is 9.84 Å². The normalized spacial score (nSPS) is 22.5. The number of aromatic nitrogens is 1. The SMILES string of the molecule is CCOC1CC(n2c(C(=O)O)cc(O)cc2=O)C1. The second kappa shape index (κ2) is 4.81. The Hall–Kier alpha value is -1.82. The van der Waals surface area contributed by atoms with E-state index in [1.165, 1.54) is 4.57 Å². The number of aromatic hydroxyl groups is 1. The number of rotatable bonds is 4. The largest absolute Gasteiger partial charge is 0.508 e. The fourth-order valence-electron chi connectivity index (χ4n) is 2.23. The summed E-state index contributed by atoms with van der Waals surface area (Å²) in [6.07, 6.45) is 1.33. The third kappa shape index (κ3) is 2.24. The van der Waals surface area contributed by atoms with E-state index in [1.54, 1.807) is 0 Å². The van der Waals surface area contributed by atoms with Crippen LogP contribution in [0.2, 0.25) is 0 Å². The minimum absolute atomic E-state index is 0.0855. The van der Waals surface area contributed by atoms with Gasteiger partial charge in [0, 0.05) is 24.8 Å². The van der Waals surface area contributed by atoms with E-state index < -0.39 is 11.5 Å². The summed E-state index contributed by atoms with van der Waals surface area (Å²) < 4.78 is 6.60. The summed E-state index contributed by atoms with van der Waals surface area (Å²) in [5, 5.41) is 18.3. The van der Waals surface area contributed by atoms with Crippen LogP contribution in [0.15, 0.2) is 16.9 Å². The molecular formula is C12H15NO5. The summed E-state index contributed by atoms with van der Waals surface area (Å²) in [6.45, 7) is 2.50. The molecule has 1 fully saturated rings. The van der Waals surface area contributed by atoms with Gasteiger partial charge in [-0.15, -0.1) is 0 Å². The van der Waals surface area contributed by atoms with Crippen LogP contribution in [-0.2, 0) is 4.74 Å². The molecule has 1 aromatic heterocycles. The minimum Gasteiger partial charge on any atom is -0.508 e. The number of nitrogens with zero attached hydrogens (tertiary/aromatic N) is 1. The van der Waals surface area contributed by atoms with Crippen molar-refractivity contribution in [3.63, 3.8) is 0 Å². The van der Waals surface area contributed by atoms with E-state index in [0.717, 1.165) is 12.1 Å². The van der Waals surface area contributed by atoms with Crippen molar-refractivity contribution in [1.82, 2.24) is 4.57 Å². The molecule has 1 aliphatic carbocycles. The summed E-state index contributed by atoms with van der Waals surface area (Å²) in [6, 6.07) is 1.96. The Morgan fingerprint density at radius 1 is 1.50 bits per heavy atom. The van der Waals surface area contributed by atoms with E-state index in [-0.39, 0.29) is 23.6 Å². The number of aromatic carboxylic acids is 1. The summed E-state index contributed by atoms with van der Waals surface area (Å²) in [4.78, 5) is 22.8. The predicted octanol–water partition coefficient (Wildman–Crippen LogP) is 0.992. The maximum absolute atomic E-state index is 11.8. The Morgan fingerprint density at radius 3 is 2.72 bits per heavy atom. The van der Waals surface area contributed by atoms with Crippen molar-refractivity contribution < 1.29 is 19.7 Å². The Kier molecular flexibility index (Phi) is 3.38. The summed E-state index contributed by atoms with van der Waals surface area (Å²) in [5.74, 6) is -1.54. The molecule has 0 radical (unpaired) electrons. The van der Waals surface area contributed by atoms with Crippen molar-refractivity contribution in [2.75, 3.05) is 6.61 Å². The molecule has 1 aliphatic rings. The van der Waals surface area contributed by atoms with Gasteiger partial charge in [0.2, 0.25) is 0 Å². The molecular weight excluding hydrogens is 238 g/mol. The van der Waals surface area contributed by atoms with Crippen molar-refractivity contribution >= 4 is 5.97 Å². The molecule has 0 amide bonds. The minimum atomic E-state index is -1.22. The van der Waals surface area contributed by atoms with Gasteiger partial charge in [0.15, 0.2) is 0 Å².